The molecule has 0 aliphatic heterocycles. The minimum Gasteiger partial charge on any atom is -0.387 e. The van der Waals surface area contributed by atoms with Gasteiger partial charge in [-0.1, -0.05) is 48.0 Å². The summed E-state index contributed by atoms with van der Waals surface area (Å²) in [5.74, 6) is 0. The monoisotopic (exact) mass is 291 g/mol. The molecule has 1 unspecified atom stereocenters. The van der Waals surface area contributed by atoms with Crippen molar-refractivity contribution in [2.45, 2.75) is 12.7 Å². The van der Waals surface area contributed by atoms with E-state index in [0.717, 1.165) is 16.8 Å². The van der Waals surface area contributed by atoms with Crippen LogP contribution in [0.3, 0.4) is 0 Å². The Morgan fingerprint density at radius 3 is 2.60 bits per heavy atom. The van der Waals surface area contributed by atoms with Crippen LogP contribution in [0, 0.1) is 0 Å². The van der Waals surface area contributed by atoms with Crippen molar-refractivity contribution in [2.24, 2.45) is 0 Å². The number of aliphatic hydroxyl groups excluding tert-OH is 1. The number of para-hydroxylation sites is 1. The minimum absolute atomic E-state index is 0.393. The molecule has 0 bridgehead atoms. The average molecular weight is 292 g/mol. The van der Waals surface area contributed by atoms with Crippen molar-refractivity contribution in [3.8, 4) is 0 Å². The van der Waals surface area contributed by atoms with Gasteiger partial charge in [0.05, 0.1) is 12.7 Å². The van der Waals surface area contributed by atoms with Crippen LogP contribution in [-0.4, -0.2) is 18.8 Å². The van der Waals surface area contributed by atoms with Crippen molar-refractivity contribution in [3.63, 3.8) is 0 Å². The third kappa shape index (κ3) is 3.73. The predicted octanol–water partition coefficient (Wildman–Crippen LogP) is 3.63. The largest absolute Gasteiger partial charge is 0.387 e. The van der Waals surface area contributed by atoms with Crippen LogP contribution in [0.25, 0.3) is 0 Å². The Morgan fingerprint density at radius 1 is 1.15 bits per heavy atom. The van der Waals surface area contributed by atoms with Gasteiger partial charge >= 0.3 is 0 Å². The van der Waals surface area contributed by atoms with E-state index in [-0.39, 0.29) is 0 Å². The molecule has 106 valence electrons. The second-order valence-corrected chi connectivity index (χ2v) is 4.92. The van der Waals surface area contributed by atoms with Crippen molar-refractivity contribution in [1.29, 1.82) is 0 Å². The Morgan fingerprint density at radius 2 is 1.85 bits per heavy atom. The SMILES string of the molecule is COCc1ccccc1NCC(O)c1ccccc1Cl. The summed E-state index contributed by atoms with van der Waals surface area (Å²) in [7, 11) is 1.66. The number of halogens is 1. The zero-order valence-corrected chi connectivity index (χ0v) is 12.1. The second kappa shape index (κ2) is 7.29. The summed E-state index contributed by atoms with van der Waals surface area (Å²) in [5.41, 5.74) is 2.74. The Hall–Kier alpha value is -1.55. The quantitative estimate of drug-likeness (QED) is 0.854. The number of anilines is 1. The van der Waals surface area contributed by atoms with E-state index < -0.39 is 6.10 Å². The van der Waals surface area contributed by atoms with Gasteiger partial charge in [0.25, 0.3) is 0 Å². The highest BCUT2D eigenvalue weighted by Crippen LogP contribution is 2.23. The van der Waals surface area contributed by atoms with Gasteiger partial charge in [-0.3, -0.25) is 0 Å². The first-order valence-corrected chi connectivity index (χ1v) is 6.83. The van der Waals surface area contributed by atoms with Gasteiger partial charge in [-0.15, -0.1) is 0 Å². The second-order valence-electron chi connectivity index (χ2n) is 4.51. The highest BCUT2D eigenvalue weighted by molar-refractivity contribution is 6.31. The molecule has 2 rings (SSSR count). The summed E-state index contributed by atoms with van der Waals surface area (Å²) in [4.78, 5) is 0. The summed E-state index contributed by atoms with van der Waals surface area (Å²) in [5, 5.41) is 14.0. The van der Waals surface area contributed by atoms with Gasteiger partial charge in [-0.05, 0) is 12.1 Å². The van der Waals surface area contributed by atoms with Gasteiger partial charge in [0, 0.05) is 35.5 Å². The lowest BCUT2D eigenvalue weighted by molar-refractivity contribution is 0.184. The molecule has 1 atom stereocenters. The van der Waals surface area contributed by atoms with E-state index >= 15 is 0 Å². The molecule has 4 heteroatoms. The van der Waals surface area contributed by atoms with E-state index in [1.165, 1.54) is 0 Å². The van der Waals surface area contributed by atoms with Crippen molar-refractivity contribution >= 4 is 17.3 Å². The van der Waals surface area contributed by atoms with Gasteiger partial charge < -0.3 is 15.2 Å². The first-order chi connectivity index (χ1) is 9.72. The van der Waals surface area contributed by atoms with Crippen LogP contribution >= 0.6 is 11.6 Å². The van der Waals surface area contributed by atoms with Crippen molar-refractivity contribution < 1.29 is 9.84 Å². The molecule has 3 nitrogen and oxygen atoms in total. The molecule has 2 N–H and O–H groups in total. The standard InChI is InChI=1S/C16H18ClNO2/c1-20-11-12-6-2-5-9-15(12)18-10-16(19)13-7-3-4-8-14(13)17/h2-9,16,18-19H,10-11H2,1H3. The zero-order valence-electron chi connectivity index (χ0n) is 11.3. The highest BCUT2D eigenvalue weighted by atomic mass is 35.5. The van der Waals surface area contributed by atoms with Crippen molar-refractivity contribution in [1.82, 2.24) is 0 Å². The molecule has 0 aliphatic carbocycles. The molecule has 0 saturated heterocycles. The van der Waals surface area contributed by atoms with Crippen LogP contribution in [0.1, 0.15) is 17.2 Å². The summed E-state index contributed by atoms with van der Waals surface area (Å²) >= 11 is 6.07. The van der Waals surface area contributed by atoms with Crippen molar-refractivity contribution in [3.05, 3.63) is 64.7 Å². The molecule has 0 heterocycles. The van der Waals surface area contributed by atoms with E-state index in [9.17, 15) is 5.11 Å². The van der Waals surface area contributed by atoms with Gasteiger partial charge in [0.1, 0.15) is 0 Å². The third-order valence-corrected chi connectivity index (χ3v) is 3.41. The maximum Gasteiger partial charge on any atom is 0.0976 e. The van der Waals surface area contributed by atoms with Crippen LogP contribution in [0.15, 0.2) is 48.5 Å². The summed E-state index contributed by atoms with van der Waals surface area (Å²) < 4.78 is 5.16. The smallest absolute Gasteiger partial charge is 0.0976 e. The summed E-state index contributed by atoms with van der Waals surface area (Å²) in [6.45, 7) is 0.926. The fourth-order valence-corrected chi connectivity index (χ4v) is 2.30. The number of aliphatic hydroxyl groups is 1. The van der Waals surface area contributed by atoms with Crippen LogP contribution in [0.4, 0.5) is 5.69 Å². The number of methoxy groups -OCH3 is 1. The van der Waals surface area contributed by atoms with E-state index in [1.54, 1.807) is 13.2 Å². The summed E-state index contributed by atoms with van der Waals surface area (Å²) in [6.07, 6.45) is -0.653. The Balaban J connectivity index is 2.04. The number of nitrogens with one attached hydrogen (secondary N) is 1. The first kappa shape index (κ1) is 14.9. The number of ether oxygens (including phenoxy) is 1. The maximum absolute atomic E-state index is 10.2. The molecule has 0 saturated carbocycles. The molecular formula is C16H18ClNO2. The number of rotatable bonds is 6. The lowest BCUT2D eigenvalue weighted by atomic mass is 10.1. The molecule has 20 heavy (non-hydrogen) atoms. The van der Waals surface area contributed by atoms with Crippen LogP contribution in [0.2, 0.25) is 5.02 Å². The van der Waals surface area contributed by atoms with Crippen molar-refractivity contribution in [2.75, 3.05) is 19.0 Å². The van der Waals surface area contributed by atoms with Crippen LogP contribution in [0.5, 0.6) is 0 Å². The van der Waals surface area contributed by atoms with Gasteiger partial charge in [0.2, 0.25) is 0 Å². The lowest BCUT2D eigenvalue weighted by Gasteiger charge is -2.16. The molecule has 0 aromatic heterocycles. The highest BCUT2D eigenvalue weighted by Gasteiger charge is 2.11. The molecule has 2 aromatic carbocycles. The molecule has 0 spiro atoms. The van der Waals surface area contributed by atoms with Gasteiger partial charge in [-0.2, -0.15) is 0 Å². The van der Waals surface area contributed by atoms with Gasteiger partial charge in [0.15, 0.2) is 0 Å². The third-order valence-electron chi connectivity index (χ3n) is 3.07. The molecule has 0 amide bonds. The predicted molar refractivity (Wildman–Crippen MR) is 82.1 cm³/mol. The van der Waals surface area contributed by atoms with Crippen LogP contribution in [-0.2, 0) is 11.3 Å². The molecule has 2 aromatic rings. The number of benzene rings is 2. The van der Waals surface area contributed by atoms with E-state index in [1.807, 2.05) is 42.5 Å². The Labute approximate surface area is 124 Å². The number of hydrogen-bond donors (Lipinski definition) is 2. The molecule has 0 fully saturated rings. The molecule has 0 radical (unpaired) electrons. The zero-order chi connectivity index (χ0) is 14.4. The minimum atomic E-state index is -0.653. The van der Waals surface area contributed by atoms with Gasteiger partial charge in [-0.25, -0.2) is 0 Å². The van der Waals surface area contributed by atoms with E-state index in [0.29, 0.717) is 18.2 Å². The normalized spacial score (nSPS) is 12.2. The topological polar surface area (TPSA) is 41.5 Å². The van der Waals surface area contributed by atoms with E-state index in [4.69, 9.17) is 16.3 Å². The first-order valence-electron chi connectivity index (χ1n) is 6.45. The molecule has 0 aliphatic rings. The fraction of sp³-hybridized carbons (Fsp3) is 0.250. The Bertz CT molecular complexity index is 560. The van der Waals surface area contributed by atoms with Crippen LogP contribution < -0.4 is 5.32 Å². The van der Waals surface area contributed by atoms with E-state index in [2.05, 4.69) is 5.32 Å². The summed E-state index contributed by atoms with van der Waals surface area (Å²) in [6, 6.07) is 15.2. The Kier molecular flexibility index (Phi) is 5.41. The number of hydrogen-bond acceptors (Lipinski definition) is 3. The maximum atomic E-state index is 10.2. The molecular weight excluding hydrogens is 274 g/mol. The average Bonchev–Trinajstić information content (AvgIpc) is 2.47. The lowest BCUT2D eigenvalue weighted by Crippen LogP contribution is -2.13. The fourth-order valence-electron chi connectivity index (χ4n) is 2.04.